The normalized spacial score (nSPS) is 28.5. The monoisotopic (exact) mass is 329 g/mol. The summed E-state index contributed by atoms with van der Waals surface area (Å²) in [5.41, 5.74) is 5.23. The van der Waals surface area contributed by atoms with E-state index in [1.54, 1.807) is 6.26 Å². The fourth-order valence-corrected chi connectivity index (χ4v) is 3.02. The zero-order valence-electron chi connectivity index (χ0n) is 11.5. The molecule has 0 saturated carbocycles. The van der Waals surface area contributed by atoms with Crippen molar-refractivity contribution in [3.05, 3.63) is 10.4 Å². The molecule has 1 aliphatic rings. The van der Waals surface area contributed by atoms with Gasteiger partial charge in [0.15, 0.2) is 22.5 Å². The SMILES string of the molecule is CSc1nc2c(=O)[nH]c(N)nc2n1[C@@H]1O[C@@H](CO)[C@@H](O)[C@@H]1O. The molecule has 120 valence electrons. The standard InChI is InChI=1S/C11H15N5O5S/c1-22-11-13-4-7(14-10(12)15-8(4)20)16(11)9-6(19)5(18)3(2-17)21-9/h3,5-6,9,17-19H,2H2,1H3,(H3,12,14,15,20)/t3-,5+,6-,9+/m0/s1. The number of nitrogens with two attached hydrogens (primary N) is 1. The maximum Gasteiger partial charge on any atom is 0.280 e. The first-order valence-corrected chi connectivity index (χ1v) is 7.64. The molecule has 0 bridgehead atoms. The quantitative estimate of drug-likeness (QED) is 0.403. The number of H-pyrrole nitrogens is 1. The van der Waals surface area contributed by atoms with Crippen molar-refractivity contribution < 1.29 is 20.1 Å². The van der Waals surface area contributed by atoms with Gasteiger partial charge in [-0.1, -0.05) is 11.8 Å². The van der Waals surface area contributed by atoms with E-state index in [1.165, 1.54) is 16.3 Å². The van der Waals surface area contributed by atoms with Crippen LogP contribution in [0, 0.1) is 0 Å². The van der Waals surface area contributed by atoms with Crippen molar-refractivity contribution in [3.8, 4) is 0 Å². The molecule has 1 aliphatic heterocycles. The number of nitrogens with zero attached hydrogens (tertiary/aromatic N) is 3. The first kappa shape index (κ1) is 15.2. The van der Waals surface area contributed by atoms with Gasteiger partial charge in [-0.3, -0.25) is 14.3 Å². The molecule has 1 fully saturated rings. The maximum atomic E-state index is 11.9. The van der Waals surface area contributed by atoms with E-state index in [2.05, 4.69) is 15.0 Å². The molecule has 2 aromatic heterocycles. The summed E-state index contributed by atoms with van der Waals surface area (Å²) in [6, 6.07) is 0. The molecule has 2 aromatic rings. The predicted molar refractivity (Wildman–Crippen MR) is 77.4 cm³/mol. The van der Waals surface area contributed by atoms with Gasteiger partial charge in [0.05, 0.1) is 6.61 Å². The van der Waals surface area contributed by atoms with E-state index in [9.17, 15) is 20.1 Å². The van der Waals surface area contributed by atoms with Crippen LogP contribution in [0.1, 0.15) is 6.23 Å². The Hall–Kier alpha value is -1.66. The Kier molecular flexibility index (Phi) is 3.82. The predicted octanol–water partition coefficient (Wildman–Crippen LogP) is -1.96. The molecular weight excluding hydrogens is 314 g/mol. The highest BCUT2D eigenvalue weighted by molar-refractivity contribution is 7.98. The lowest BCUT2D eigenvalue weighted by Crippen LogP contribution is -2.33. The largest absolute Gasteiger partial charge is 0.394 e. The van der Waals surface area contributed by atoms with Crippen LogP contribution in [-0.4, -0.2) is 66.0 Å². The van der Waals surface area contributed by atoms with Crippen molar-refractivity contribution in [2.45, 2.75) is 29.7 Å². The molecule has 0 amide bonds. The molecular formula is C11H15N5O5S. The van der Waals surface area contributed by atoms with Gasteiger partial charge in [-0.15, -0.1) is 0 Å². The van der Waals surface area contributed by atoms with E-state index in [0.717, 1.165) is 0 Å². The summed E-state index contributed by atoms with van der Waals surface area (Å²) < 4.78 is 6.87. The lowest BCUT2D eigenvalue weighted by atomic mass is 10.1. The van der Waals surface area contributed by atoms with E-state index in [-0.39, 0.29) is 17.1 Å². The highest BCUT2D eigenvalue weighted by Gasteiger charge is 2.45. The highest BCUT2D eigenvalue weighted by Crippen LogP contribution is 2.34. The number of aliphatic hydroxyl groups is 3. The van der Waals surface area contributed by atoms with Gasteiger partial charge in [-0.05, 0) is 6.26 Å². The number of imidazole rings is 1. The van der Waals surface area contributed by atoms with Crippen molar-refractivity contribution in [1.82, 2.24) is 19.5 Å². The number of nitrogen functional groups attached to an aromatic ring is 1. The summed E-state index contributed by atoms with van der Waals surface area (Å²) in [5.74, 6) is -0.0990. The zero-order valence-corrected chi connectivity index (χ0v) is 12.3. The van der Waals surface area contributed by atoms with Crippen molar-refractivity contribution in [2.24, 2.45) is 0 Å². The lowest BCUT2D eigenvalue weighted by molar-refractivity contribution is -0.0548. The Morgan fingerprint density at radius 2 is 2.14 bits per heavy atom. The van der Waals surface area contributed by atoms with Crippen molar-refractivity contribution in [1.29, 1.82) is 0 Å². The second kappa shape index (κ2) is 5.52. The number of aromatic amines is 1. The first-order chi connectivity index (χ1) is 10.5. The van der Waals surface area contributed by atoms with Crippen molar-refractivity contribution >= 4 is 28.9 Å². The number of fused-ring (bicyclic) bond motifs is 1. The van der Waals surface area contributed by atoms with Crippen LogP contribution in [0.25, 0.3) is 11.2 Å². The van der Waals surface area contributed by atoms with Gasteiger partial charge in [-0.25, -0.2) is 4.98 Å². The third-order valence-corrected chi connectivity index (χ3v) is 4.14. The number of aromatic nitrogens is 4. The molecule has 11 heteroatoms. The molecule has 0 unspecified atom stereocenters. The number of hydrogen-bond donors (Lipinski definition) is 5. The van der Waals surface area contributed by atoms with Crippen molar-refractivity contribution in [3.63, 3.8) is 0 Å². The average molecular weight is 329 g/mol. The Morgan fingerprint density at radius 1 is 1.41 bits per heavy atom. The van der Waals surface area contributed by atoms with Crippen molar-refractivity contribution in [2.75, 3.05) is 18.6 Å². The van der Waals surface area contributed by atoms with E-state index in [4.69, 9.17) is 10.5 Å². The van der Waals surface area contributed by atoms with Crippen LogP contribution in [0.2, 0.25) is 0 Å². The Bertz CT molecular complexity index is 761. The minimum Gasteiger partial charge on any atom is -0.394 e. The number of anilines is 1. The van der Waals surface area contributed by atoms with Gasteiger partial charge in [0.1, 0.15) is 18.3 Å². The molecule has 3 heterocycles. The van der Waals surface area contributed by atoms with Gasteiger partial charge < -0.3 is 25.8 Å². The number of rotatable bonds is 3. The summed E-state index contributed by atoms with van der Waals surface area (Å²) in [7, 11) is 0. The topological polar surface area (TPSA) is 160 Å². The lowest BCUT2D eigenvalue weighted by Gasteiger charge is -2.18. The minimum atomic E-state index is -1.30. The van der Waals surface area contributed by atoms with Crippen LogP contribution in [-0.2, 0) is 4.74 Å². The summed E-state index contributed by atoms with van der Waals surface area (Å²) in [4.78, 5) is 22.4. The average Bonchev–Trinajstić information content (AvgIpc) is 2.98. The summed E-state index contributed by atoms with van der Waals surface area (Å²) in [6.07, 6.45) is -2.81. The second-order valence-corrected chi connectivity index (χ2v) is 5.59. The number of ether oxygens (including phenoxy) is 1. The van der Waals surface area contributed by atoms with Gasteiger partial charge in [0.25, 0.3) is 5.56 Å². The van der Waals surface area contributed by atoms with E-state index in [0.29, 0.717) is 5.16 Å². The van der Waals surface area contributed by atoms with Gasteiger partial charge in [0, 0.05) is 0 Å². The Labute approximate surface area is 127 Å². The highest BCUT2D eigenvalue weighted by atomic mass is 32.2. The van der Waals surface area contributed by atoms with Crippen LogP contribution in [0.5, 0.6) is 0 Å². The molecule has 0 radical (unpaired) electrons. The minimum absolute atomic E-state index is 0.0521. The number of nitrogens with one attached hydrogen (secondary N) is 1. The number of aliphatic hydroxyl groups excluding tert-OH is 3. The van der Waals surface area contributed by atoms with E-state index >= 15 is 0 Å². The third-order valence-electron chi connectivity index (χ3n) is 3.49. The van der Waals surface area contributed by atoms with Crippen LogP contribution in [0.4, 0.5) is 5.95 Å². The van der Waals surface area contributed by atoms with E-state index in [1.807, 2.05) is 0 Å². The van der Waals surface area contributed by atoms with Crippen LogP contribution in [0.3, 0.4) is 0 Å². The Morgan fingerprint density at radius 3 is 2.73 bits per heavy atom. The summed E-state index contributed by atoms with van der Waals surface area (Å²) in [6.45, 7) is -0.452. The molecule has 10 nitrogen and oxygen atoms in total. The van der Waals surface area contributed by atoms with E-state index < -0.39 is 36.7 Å². The Balaban J connectivity index is 2.20. The molecule has 0 aromatic carbocycles. The zero-order chi connectivity index (χ0) is 16.0. The molecule has 1 saturated heterocycles. The number of thioether (sulfide) groups is 1. The second-order valence-electron chi connectivity index (χ2n) is 4.82. The fourth-order valence-electron chi connectivity index (χ4n) is 2.45. The molecule has 22 heavy (non-hydrogen) atoms. The van der Waals surface area contributed by atoms with Crippen LogP contribution >= 0.6 is 11.8 Å². The molecule has 6 N–H and O–H groups in total. The maximum absolute atomic E-state index is 11.9. The first-order valence-electron chi connectivity index (χ1n) is 6.42. The molecule has 0 spiro atoms. The summed E-state index contributed by atoms with van der Waals surface area (Å²) in [5, 5.41) is 29.6. The van der Waals surface area contributed by atoms with Crippen LogP contribution in [0.15, 0.2) is 9.95 Å². The fraction of sp³-hybridized carbons (Fsp3) is 0.545. The summed E-state index contributed by atoms with van der Waals surface area (Å²) >= 11 is 1.22. The third kappa shape index (κ3) is 2.18. The van der Waals surface area contributed by atoms with Crippen LogP contribution < -0.4 is 11.3 Å². The molecule has 3 rings (SSSR count). The smallest absolute Gasteiger partial charge is 0.280 e. The molecule has 0 aliphatic carbocycles. The number of hydrogen-bond acceptors (Lipinski definition) is 9. The van der Waals surface area contributed by atoms with Gasteiger partial charge in [-0.2, -0.15) is 4.98 Å². The van der Waals surface area contributed by atoms with Gasteiger partial charge >= 0.3 is 0 Å². The van der Waals surface area contributed by atoms with Gasteiger partial charge in [0.2, 0.25) is 5.95 Å². The molecule has 4 atom stereocenters.